The van der Waals surface area contributed by atoms with Gasteiger partial charge in [-0.1, -0.05) is 6.08 Å². The summed E-state index contributed by atoms with van der Waals surface area (Å²) >= 11 is 0. The van der Waals surface area contributed by atoms with Crippen LogP contribution >= 0.6 is 0 Å². The SMILES string of the molecule is CC(NC=O)C(=O)NCC(=O)N[C@H](CCCN)C(=O)N1CCC[C@H]1C(=O)NC(Cc1cnc[nH]1)C(=O)N[C@@H](CCCCN)C(=O)N/C(=C/CCN=C(N)N)C(=O)N[C@@H](CCCCN)C(=O)NCCCCN. The average molecular weight is 1000 g/mol. The number of imidazole rings is 1. The minimum atomic E-state index is -1.33. The van der Waals surface area contributed by atoms with Crippen LogP contribution in [0.25, 0.3) is 0 Å². The lowest BCUT2D eigenvalue weighted by atomic mass is 10.0. The van der Waals surface area contributed by atoms with Crippen molar-refractivity contribution in [2.75, 3.05) is 52.4 Å². The molecule has 0 saturated carbocycles. The van der Waals surface area contributed by atoms with Crippen LogP contribution in [0, 0.1) is 0 Å². The van der Waals surface area contributed by atoms with Crippen LogP contribution in [0.4, 0.5) is 0 Å². The second kappa shape index (κ2) is 34.6. The minimum Gasteiger partial charge on any atom is -0.370 e. The Morgan fingerprint density at radius 2 is 1.42 bits per heavy atom. The van der Waals surface area contributed by atoms with E-state index < -0.39 is 90.1 Å². The van der Waals surface area contributed by atoms with Crippen molar-refractivity contribution in [1.29, 1.82) is 0 Å². The maximum atomic E-state index is 14.3. The maximum Gasteiger partial charge on any atom is 0.268 e. The molecule has 1 aromatic heterocycles. The predicted molar refractivity (Wildman–Crippen MR) is 263 cm³/mol. The Morgan fingerprint density at radius 3 is 2.04 bits per heavy atom. The number of hydrogen-bond donors (Lipinski definition) is 15. The number of aromatic nitrogens is 2. The molecule has 27 nitrogen and oxygen atoms in total. The van der Waals surface area contributed by atoms with E-state index in [4.69, 9.17) is 34.4 Å². The summed E-state index contributed by atoms with van der Waals surface area (Å²) in [6, 6.07) is -6.67. The minimum absolute atomic E-state index is 0.0522. The molecule has 9 amide bonds. The Morgan fingerprint density at radius 1 is 0.775 bits per heavy atom. The zero-order chi connectivity index (χ0) is 52.6. The molecule has 1 fully saturated rings. The van der Waals surface area contributed by atoms with Crippen molar-refractivity contribution < 1.29 is 43.2 Å². The molecule has 71 heavy (non-hydrogen) atoms. The van der Waals surface area contributed by atoms with Crippen LogP contribution in [0.5, 0.6) is 0 Å². The molecule has 2 heterocycles. The first kappa shape index (κ1) is 60.4. The monoisotopic (exact) mass is 1000 g/mol. The molecule has 2 unspecified atom stereocenters. The molecule has 0 radical (unpaired) electrons. The highest BCUT2D eigenvalue weighted by Crippen LogP contribution is 2.20. The number of H-pyrrole nitrogens is 1. The fourth-order valence-electron chi connectivity index (χ4n) is 7.38. The van der Waals surface area contributed by atoms with Gasteiger partial charge in [-0.05, 0) is 117 Å². The Kier molecular flexibility index (Phi) is 29.4. The van der Waals surface area contributed by atoms with Gasteiger partial charge in [-0.15, -0.1) is 0 Å². The molecule has 0 spiro atoms. The lowest BCUT2D eigenvalue weighted by molar-refractivity contribution is -0.142. The highest BCUT2D eigenvalue weighted by atomic mass is 16.2. The number of amides is 9. The standard InChI is InChI=1S/C44H78N18O9/c1-28(56-27-63)37(65)54-25-36(64)57-33(13-8-19-48)43(71)62-22-10-15-35(62)42(70)61-34(23-29-24-51-26-55-29)41(69)60-31(12-3-5-17-46)39(67)59-32(14-9-21-53-44(49)50)40(68)58-30(11-2-4-16-45)38(66)52-20-7-6-18-47/h14,24,26-28,30-31,33-35H,2-13,15-23,25,45-48H2,1H3,(H,51,55)(H,52,66)(H,54,65)(H,56,63)(H,57,64)(H,58,68)(H,59,67)(H,60,69)(H,61,70)(H4,49,50,53)/b32-14+/t28?,30-,31-,33+,34?,35-/m0/s1. The zero-order valence-corrected chi connectivity index (χ0v) is 40.8. The fraction of sp³-hybridized carbons (Fsp3) is 0.659. The topological polar surface area (TPSA) is 450 Å². The number of nitrogens with one attached hydrogen (secondary N) is 9. The van der Waals surface area contributed by atoms with Gasteiger partial charge in [-0.3, -0.25) is 48.1 Å². The number of nitrogens with zero attached hydrogens (tertiary/aromatic N) is 3. The smallest absolute Gasteiger partial charge is 0.268 e. The van der Waals surface area contributed by atoms with Crippen molar-refractivity contribution in [3.05, 3.63) is 30.0 Å². The van der Waals surface area contributed by atoms with Gasteiger partial charge in [0.1, 0.15) is 41.9 Å². The van der Waals surface area contributed by atoms with Gasteiger partial charge in [0.15, 0.2) is 5.96 Å². The molecule has 0 bridgehead atoms. The second-order valence-corrected chi connectivity index (χ2v) is 17.0. The summed E-state index contributed by atoms with van der Waals surface area (Å²) in [5, 5.41) is 20.9. The number of likely N-dealkylation sites (tertiary alicyclic amines) is 1. The number of carbonyl (C=O) groups is 9. The summed E-state index contributed by atoms with van der Waals surface area (Å²) in [4.78, 5) is 132. The Balaban J connectivity index is 2.39. The van der Waals surface area contributed by atoms with Gasteiger partial charge >= 0.3 is 0 Å². The van der Waals surface area contributed by atoms with Crippen LogP contribution in [0.3, 0.4) is 0 Å². The largest absolute Gasteiger partial charge is 0.370 e. The summed E-state index contributed by atoms with van der Waals surface area (Å²) in [7, 11) is 0. The number of rotatable bonds is 36. The van der Waals surface area contributed by atoms with Gasteiger partial charge in [0, 0.05) is 37.9 Å². The first-order valence-electron chi connectivity index (χ1n) is 24.2. The summed E-state index contributed by atoms with van der Waals surface area (Å²) in [6.45, 7) is 2.77. The van der Waals surface area contributed by atoms with Crippen molar-refractivity contribution in [3.63, 3.8) is 0 Å². The van der Waals surface area contributed by atoms with E-state index in [0.29, 0.717) is 83.1 Å². The number of aliphatic imine (C=N–C) groups is 1. The molecule has 1 aromatic rings. The first-order valence-corrected chi connectivity index (χ1v) is 24.2. The van der Waals surface area contributed by atoms with E-state index in [1.807, 2.05) is 0 Å². The molecular weight excluding hydrogens is 925 g/mol. The van der Waals surface area contributed by atoms with E-state index in [1.54, 1.807) is 0 Å². The molecule has 0 aliphatic carbocycles. The Bertz CT molecular complexity index is 1910. The molecule has 27 heteroatoms. The van der Waals surface area contributed by atoms with Crippen LogP contribution in [0.2, 0.25) is 0 Å². The number of carbonyl (C=O) groups excluding carboxylic acids is 9. The van der Waals surface area contributed by atoms with Crippen molar-refractivity contribution >= 4 is 59.6 Å². The molecular formula is C44H78N18O9. The highest BCUT2D eigenvalue weighted by Gasteiger charge is 2.39. The van der Waals surface area contributed by atoms with E-state index in [-0.39, 0.29) is 76.4 Å². The predicted octanol–water partition coefficient (Wildman–Crippen LogP) is -5.35. The van der Waals surface area contributed by atoms with Crippen molar-refractivity contribution in [2.45, 2.75) is 133 Å². The molecule has 0 aromatic carbocycles. The maximum absolute atomic E-state index is 14.3. The lowest BCUT2D eigenvalue weighted by Gasteiger charge is -2.30. The van der Waals surface area contributed by atoms with Gasteiger partial charge in [-0.2, -0.15) is 0 Å². The quantitative estimate of drug-likeness (QED) is 0.00981. The van der Waals surface area contributed by atoms with E-state index in [2.05, 4.69) is 57.5 Å². The third-order valence-electron chi connectivity index (χ3n) is 11.3. The van der Waals surface area contributed by atoms with Crippen LogP contribution in [0.15, 0.2) is 29.3 Å². The first-order chi connectivity index (χ1) is 34.1. The van der Waals surface area contributed by atoms with Gasteiger partial charge in [-0.25, -0.2) is 4.98 Å². The molecule has 1 aliphatic heterocycles. The third kappa shape index (κ3) is 23.2. The van der Waals surface area contributed by atoms with Crippen molar-refractivity contribution in [2.24, 2.45) is 39.4 Å². The van der Waals surface area contributed by atoms with E-state index in [0.717, 1.165) is 0 Å². The molecule has 1 aliphatic rings. The molecule has 1 saturated heterocycles. The molecule has 6 atom stereocenters. The number of unbranched alkanes of at least 4 members (excludes halogenated alkanes) is 3. The van der Waals surface area contributed by atoms with Gasteiger partial charge < -0.3 is 86.8 Å². The van der Waals surface area contributed by atoms with Gasteiger partial charge in [0.05, 0.1) is 12.9 Å². The molecule has 2 rings (SSSR count). The summed E-state index contributed by atoms with van der Waals surface area (Å²) in [5.41, 5.74) is 34.0. The number of guanidine groups is 1. The third-order valence-corrected chi connectivity index (χ3v) is 11.3. The van der Waals surface area contributed by atoms with E-state index in [1.165, 1.54) is 30.4 Å². The van der Waals surface area contributed by atoms with Crippen LogP contribution < -0.4 is 76.9 Å². The van der Waals surface area contributed by atoms with Crippen LogP contribution in [0.1, 0.15) is 96.1 Å². The average Bonchev–Trinajstić information content (AvgIpc) is 4.06. The van der Waals surface area contributed by atoms with Crippen LogP contribution in [-0.4, -0.2) is 163 Å². The Labute approximate surface area is 414 Å². The second-order valence-electron chi connectivity index (χ2n) is 17.0. The van der Waals surface area contributed by atoms with Gasteiger partial charge in [0.2, 0.25) is 47.8 Å². The Hall–Kier alpha value is -6.71. The van der Waals surface area contributed by atoms with E-state index >= 15 is 0 Å². The number of nitrogens with two attached hydrogens (primary N) is 6. The molecule has 398 valence electrons. The normalized spacial score (nSPS) is 15.4. The molecule has 21 N–H and O–H groups in total. The van der Waals surface area contributed by atoms with Crippen molar-refractivity contribution in [3.8, 4) is 0 Å². The zero-order valence-electron chi connectivity index (χ0n) is 40.8. The summed E-state index contributed by atoms with van der Waals surface area (Å²) < 4.78 is 0. The number of aromatic amines is 1. The van der Waals surface area contributed by atoms with Gasteiger partial charge in [0.25, 0.3) is 5.91 Å². The van der Waals surface area contributed by atoms with Crippen LogP contribution in [-0.2, 0) is 49.6 Å². The number of hydrogen-bond acceptors (Lipinski definition) is 15. The highest BCUT2D eigenvalue weighted by molar-refractivity contribution is 6.02. The fourth-order valence-corrected chi connectivity index (χ4v) is 7.38. The lowest BCUT2D eigenvalue weighted by Crippen LogP contribution is -2.58. The van der Waals surface area contributed by atoms with E-state index in [9.17, 15) is 43.2 Å². The van der Waals surface area contributed by atoms with Crippen molar-refractivity contribution in [1.82, 2.24) is 57.4 Å². The summed E-state index contributed by atoms with van der Waals surface area (Å²) in [5.74, 6) is -5.56. The summed E-state index contributed by atoms with van der Waals surface area (Å²) in [6.07, 6.45) is 9.26.